The van der Waals surface area contributed by atoms with Gasteiger partial charge in [0.15, 0.2) is 0 Å². The van der Waals surface area contributed by atoms with Gasteiger partial charge in [-0.15, -0.1) is 0 Å². The topological polar surface area (TPSA) is 30.5 Å². The summed E-state index contributed by atoms with van der Waals surface area (Å²) in [5, 5.41) is 3.21. The van der Waals surface area contributed by atoms with Crippen molar-refractivity contribution in [1.29, 1.82) is 0 Å². The van der Waals surface area contributed by atoms with Crippen LogP contribution in [0.4, 0.5) is 0 Å². The summed E-state index contributed by atoms with van der Waals surface area (Å²) in [7, 11) is 0. The van der Waals surface area contributed by atoms with Crippen LogP contribution in [-0.2, 0) is 0 Å². The van der Waals surface area contributed by atoms with Gasteiger partial charge in [0.2, 0.25) is 0 Å². The highest BCUT2D eigenvalue weighted by Gasteiger charge is 2.33. The molecule has 0 atom stereocenters. The second-order valence-corrected chi connectivity index (χ2v) is 4.79. The van der Waals surface area contributed by atoms with Crippen molar-refractivity contribution in [1.82, 2.24) is 5.32 Å². The maximum atomic E-state index is 5.88. The lowest BCUT2D eigenvalue weighted by Gasteiger charge is -2.39. The van der Waals surface area contributed by atoms with Crippen LogP contribution in [0.5, 0.6) is 11.5 Å². The van der Waals surface area contributed by atoms with Gasteiger partial charge < -0.3 is 14.8 Å². The normalized spacial score (nSPS) is 18.0. The van der Waals surface area contributed by atoms with E-state index < -0.39 is 0 Å². The minimum absolute atomic E-state index is 0.0412. The smallest absolute Gasteiger partial charge is 0.131 e. The fourth-order valence-corrected chi connectivity index (χ4v) is 1.69. The molecule has 1 aliphatic rings. The van der Waals surface area contributed by atoms with Crippen molar-refractivity contribution in [2.45, 2.75) is 32.5 Å². The van der Waals surface area contributed by atoms with Gasteiger partial charge in [0.25, 0.3) is 0 Å². The molecular formula is C13H19NO2. The van der Waals surface area contributed by atoms with E-state index in [0.29, 0.717) is 0 Å². The summed E-state index contributed by atoms with van der Waals surface area (Å²) in [6.07, 6.45) is 0.208. The summed E-state index contributed by atoms with van der Waals surface area (Å²) in [6, 6.07) is 7.82. The van der Waals surface area contributed by atoms with Gasteiger partial charge in [-0.2, -0.15) is 0 Å². The van der Waals surface area contributed by atoms with Crippen molar-refractivity contribution >= 4 is 0 Å². The zero-order valence-electron chi connectivity index (χ0n) is 10.1. The zero-order valence-corrected chi connectivity index (χ0v) is 10.1. The number of ether oxygens (including phenoxy) is 2. The van der Waals surface area contributed by atoms with E-state index >= 15 is 0 Å². The molecule has 0 bridgehead atoms. The third-order valence-corrected chi connectivity index (χ3v) is 2.56. The summed E-state index contributed by atoms with van der Waals surface area (Å²) in [4.78, 5) is 0. The molecule has 1 fully saturated rings. The van der Waals surface area contributed by atoms with Gasteiger partial charge in [-0.3, -0.25) is 0 Å². The molecule has 0 radical (unpaired) electrons. The van der Waals surface area contributed by atoms with E-state index in [1.807, 2.05) is 38.1 Å². The molecule has 0 aliphatic carbocycles. The molecule has 1 N–H and O–H groups in total. The predicted molar refractivity (Wildman–Crippen MR) is 64.1 cm³/mol. The molecule has 1 saturated heterocycles. The second-order valence-electron chi connectivity index (χ2n) is 4.79. The average Bonchev–Trinajstić information content (AvgIpc) is 2.18. The van der Waals surface area contributed by atoms with Gasteiger partial charge in [-0.05, 0) is 45.0 Å². The highest BCUT2D eigenvalue weighted by atomic mass is 16.5. The number of hydrogen-bond acceptors (Lipinski definition) is 3. The first kappa shape index (κ1) is 11.3. The Morgan fingerprint density at radius 1 is 1.12 bits per heavy atom. The molecule has 1 aromatic carbocycles. The molecule has 0 unspecified atom stereocenters. The van der Waals surface area contributed by atoms with Gasteiger partial charge in [0, 0.05) is 13.1 Å². The fraction of sp³-hybridized carbons (Fsp3) is 0.538. The number of benzene rings is 1. The lowest BCUT2D eigenvalue weighted by Crippen LogP contribution is -2.60. The van der Waals surface area contributed by atoms with Gasteiger partial charge in [-0.25, -0.2) is 0 Å². The average molecular weight is 221 g/mol. The summed E-state index contributed by atoms with van der Waals surface area (Å²) in [5.74, 6) is 1.79. The number of hydrogen-bond donors (Lipinski definition) is 1. The highest BCUT2D eigenvalue weighted by Crippen LogP contribution is 2.24. The van der Waals surface area contributed by atoms with Crippen LogP contribution >= 0.6 is 0 Å². The molecule has 0 saturated carbocycles. The summed E-state index contributed by atoms with van der Waals surface area (Å²) >= 11 is 0. The summed E-state index contributed by atoms with van der Waals surface area (Å²) in [6.45, 7) is 7.98. The van der Waals surface area contributed by atoms with E-state index in [-0.39, 0.29) is 11.7 Å². The van der Waals surface area contributed by atoms with Crippen LogP contribution in [0.2, 0.25) is 0 Å². The van der Waals surface area contributed by atoms with Crippen molar-refractivity contribution in [3.05, 3.63) is 24.3 Å². The van der Waals surface area contributed by atoms with E-state index in [9.17, 15) is 0 Å². The lowest BCUT2D eigenvalue weighted by molar-refractivity contribution is 0.0348. The monoisotopic (exact) mass is 221 g/mol. The molecule has 0 spiro atoms. The van der Waals surface area contributed by atoms with Crippen molar-refractivity contribution in [2.24, 2.45) is 0 Å². The summed E-state index contributed by atoms with van der Waals surface area (Å²) < 4.78 is 11.5. The van der Waals surface area contributed by atoms with Crippen LogP contribution < -0.4 is 14.8 Å². The standard InChI is InChI=1S/C13H19NO2/c1-10(2)15-11-4-6-12(7-5-11)16-13(3)8-14-9-13/h4-7,10,14H,8-9H2,1-3H3. The predicted octanol–water partition coefficient (Wildman–Crippen LogP) is 2.21. The van der Waals surface area contributed by atoms with Crippen LogP contribution in [0.3, 0.4) is 0 Å². The van der Waals surface area contributed by atoms with Crippen LogP contribution in [0.1, 0.15) is 20.8 Å². The minimum atomic E-state index is -0.0412. The van der Waals surface area contributed by atoms with Crippen LogP contribution in [-0.4, -0.2) is 24.8 Å². The Hall–Kier alpha value is -1.22. The van der Waals surface area contributed by atoms with E-state index in [2.05, 4.69) is 12.2 Å². The molecule has 1 heterocycles. The maximum Gasteiger partial charge on any atom is 0.131 e. The second kappa shape index (κ2) is 4.34. The van der Waals surface area contributed by atoms with Crippen molar-refractivity contribution in [3.8, 4) is 11.5 Å². The van der Waals surface area contributed by atoms with E-state index in [0.717, 1.165) is 24.6 Å². The van der Waals surface area contributed by atoms with Crippen molar-refractivity contribution in [2.75, 3.05) is 13.1 Å². The molecule has 1 aromatic rings. The first-order valence-corrected chi connectivity index (χ1v) is 5.74. The molecular weight excluding hydrogens is 202 g/mol. The largest absolute Gasteiger partial charge is 0.491 e. The zero-order chi connectivity index (χ0) is 11.6. The fourth-order valence-electron chi connectivity index (χ4n) is 1.69. The first-order chi connectivity index (χ1) is 7.57. The van der Waals surface area contributed by atoms with Gasteiger partial charge in [-0.1, -0.05) is 0 Å². The molecule has 2 rings (SSSR count). The lowest BCUT2D eigenvalue weighted by atomic mass is 10.00. The molecule has 0 amide bonds. The Labute approximate surface area is 96.8 Å². The quantitative estimate of drug-likeness (QED) is 0.845. The van der Waals surface area contributed by atoms with Crippen LogP contribution in [0.15, 0.2) is 24.3 Å². The summed E-state index contributed by atoms with van der Waals surface area (Å²) in [5.41, 5.74) is -0.0412. The molecule has 16 heavy (non-hydrogen) atoms. The first-order valence-electron chi connectivity index (χ1n) is 5.74. The third kappa shape index (κ3) is 2.67. The number of nitrogens with one attached hydrogen (secondary N) is 1. The number of rotatable bonds is 4. The van der Waals surface area contributed by atoms with Crippen molar-refractivity contribution < 1.29 is 9.47 Å². The Kier molecular flexibility index (Phi) is 3.06. The Morgan fingerprint density at radius 2 is 1.69 bits per heavy atom. The van der Waals surface area contributed by atoms with Crippen molar-refractivity contribution in [3.63, 3.8) is 0 Å². The van der Waals surface area contributed by atoms with Gasteiger partial charge in [0.1, 0.15) is 17.1 Å². The molecule has 88 valence electrons. The molecule has 0 aromatic heterocycles. The van der Waals surface area contributed by atoms with E-state index in [1.165, 1.54) is 0 Å². The Bertz CT molecular complexity index is 341. The van der Waals surface area contributed by atoms with E-state index in [1.54, 1.807) is 0 Å². The van der Waals surface area contributed by atoms with Crippen LogP contribution in [0.25, 0.3) is 0 Å². The highest BCUT2D eigenvalue weighted by molar-refractivity contribution is 5.32. The third-order valence-electron chi connectivity index (χ3n) is 2.56. The van der Waals surface area contributed by atoms with Gasteiger partial charge >= 0.3 is 0 Å². The molecule has 1 aliphatic heterocycles. The van der Waals surface area contributed by atoms with E-state index in [4.69, 9.17) is 9.47 Å². The SMILES string of the molecule is CC(C)Oc1ccc(OC2(C)CNC2)cc1. The maximum absolute atomic E-state index is 5.88. The molecule has 3 nitrogen and oxygen atoms in total. The Balaban J connectivity index is 1.96. The van der Waals surface area contributed by atoms with Crippen LogP contribution in [0, 0.1) is 0 Å². The molecule has 3 heteroatoms. The van der Waals surface area contributed by atoms with Gasteiger partial charge in [0.05, 0.1) is 6.10 Å². The Morgan fingerprint density at radius 3 is 2.12 bits per heavy atom. The minimum Gasteiger partial charge on any atom is -0.491 e.